The molecule has 0 spiro atoms. The van der Waals surface area contributed by atoms with Crippen LogP contribution in [0, 0.1) is 0 Å². The molecule has 6 heteroatoms. The van der Waals surface area contributed by atoms with E-state index in [4.69, 9.17) is 5.11 Å². The molecule has 0 aromatic heterocycles. The van der Waals surface area contributed by atoms with Gasteiger partial charge in [0.1, 0.15) is 5.25 Å². The molecule has 1 aliphatic rings. The molecule has 5 nitrogen and oxygen atoms in total. The summed E-state index contributed by atoms with van der Waals surface area (Å²) in [6.45, 7) is 0. The summed E-state index contributed by atoms with van der Waals surface area (Å²) in [4.78, 5) is 31.3. The molecule has 0 radical (unpaired) electrons. The van der Waals surface area contributed by atoms with Gasteiger partial charge in [-0.25, -0.2) is 0 Å². The molecule has 1 atom stereocenters. The van der Waals surface area contributed by atoms with E-state index in [1.807, 2.05) is 5.32 Å². The Morgan fingerprint density at radius 2 is 2.27 bits per heavy atom. The van der Waals surface area contributed by atoms with Crippen LogP contribution in [0.4, 0.5) is 4.79 Å². The molecule has 2 amide bonds. The smallest absolute Gasteiger partial charge is 0.305 e. The summed E-state index contributed by atoms with van der Waals surface area (Å²) >= 11 is 0.722. The average molecular weight is 175 g/mol. The second kappa shape index (κ2) is 2.91. The lowest BCUT2D eigenvalue weighted by Gasteiger charge is -1.97. The molecule has 1 heterocycles. The van der Waals surface area contributed by atoms with Gasteiger partial charge in [0.05, 0.1) is 6.42 Å². The summed E-state index contributed by atoms with van der Waals surface area (Å²) in [7, 11) is 0. The molecule has 60 valence electrons. The lowest BCUT2D eigenvalue weighted by Crippen LogP contribution is -2.25. The number of carbonyl (C=O) groups excluding carboxylic acids is 2. The van der Waals surface area contributed by atoms with E-state index >= 15 is 0 Å². The number of aliphatic carboxylic acids is 1. The second-order valence-corrected chi connectivity index (χ2v) is 3.16. The third-order valence-electron chi connectivity index (χ3n) is 1.13. The van der Waals surface area contributed by atoms with Crippen molar-refractivity contribution in [3.8, 4) is 0 Å². The van der Waals surface area contributed by atoms with Crippen molar-refractivity contribution in [2.45, 2.75) is 11.7 Å². The van der Waals surface area contributed by atoms with Gasteiger partial charge in [-0.1, -0.05) is 11.8 Å². The molecule has 0 aromatic rings. The van der Waals surface area contributed by atoms with Crippen molar-refractivity contribution in [2.75, 3.05) is 0 Å². The number of hydrogen-bond donors (Lipinski definition) is 2. The Balaban J connectivity index is 2.53. The van der Waals surface area contributed by atoms with E-state index in [0.717, 1.165) is 11.8 Å². The molecule has 1 saturated heterocycles. The quantitative estimate of drug-likeness (QED) is 0.607. The first-order chi connectivity index (χ1) is 5.09. The molecule has 0 saturated carbocycles. The van der Waals surface area contributed by atoms with Crippen LogP contribution in [-0.2, 0) is 9.59 Å². The van der Waals surface area contributed by atoms with Crippen molar-refractivity contribution in [3.05, 3.63) is 0 Å². The fourth-order valence-electron chi connectivity index (χ4n) is 0.686. The van der Waals surface area contributed by atoms with E-state index in [1.54, 1.807) is 0 Å². The number of carbonyl (C=O) groups is 3. The predicted octanol–water partition coefficient (Wildman–Crippen LogP) is -0.187. The van der Waals surface area contributed by atoms with Gasteiger partial charge in [-0.3, -0.25) is 19.7 Å². The minimum atomic E-state index is -1.08. The summed E-state index contributed by atoms with van der Waals surface area (Å²) < 4.78 is 0. The average Bonchev–Trinajstić information content (AvgIpc) is 2.09. The maximum absolute atomic E-state index is 10.7. The van der Waals surface area contributed by atoms with Crippen LogP contribution >= 0.6 is 11.8 Å². The highest BCUT2D eigenvalue weighted by Crippen LogP contribution is 2.21. The van der Waals surface area contributed by atoms with Crippen LogP contribution in [0.1, 0.15) is 6.42 Å². The zero-order valence-electron chi connectivity index (χ0n) is 5.36. The molecule has 0 bridgehead atoms. The number of nitrogens with one attached hydrogen (secondary N) is 1. The summed E-state index contributed by atoms with van der Waals surface area (Å²) in [5.74, 6) is -1.59. The first-order valence-electron chi connectivity index (χ1n) is 2.83. The molecular formula is C5H5NO4S. The zero-order chi connectivity index (χ0) is 8.43. The molecule has 11 heavy (non-hydrogen) atoms. The molecule has 0 aliphatic carbocycles. The Bertz CT molecular complexity index is 227. The van der Waals surface area contributed by atoms with Gasteiger partial charge < -0.3 is 5.11 Å². The van der Waals surface area contributed by atoms with E-state index in [9.17, 15) is 14.4 Å². The van der Waals surface area contributed by atoms with Gasteiger partial charge in [-0.15, -0.1) is 0 Å². The van der Waals surface area contributed by atoms with Gasteiger partial charge in [0.2, 0.25) is 5.91 Å². The van der Waals surface area contributed by atoms with Gasteiger partial charge >= 0.3 is 5.97 Å². The standard InChI is InChI=1S/C5H5NO4S/c7-3(8)1-2-4(9)6-5(10)11-2/h2H,1H2,(H,7,8)(H,6,9,10)/t2-/m0/s1. The van der Waals surface area contributed by atoms with Crippen molar-refractivity contribution in [1.29, 1.82) is 0 Å². The Labute approximate surface area is 66.1 Å². The lowest BCUT2D eigenvalue weighted by molar-refractivity contribution is -0.138. The minimum absolute atomic E-state index is 0.303. The van der Waals surface area contributed by atoms with E-state index in [0.29, 0.717) is 0 Å². The Kier molecular flexibility index (Phi) is 2.13. The van der Waals surface area contributed by atoms with E-state index in [-0.39, 0.29) is 6.42 Å². The van der Waals surface area contributed by atoms with Crippen LogP contribution in [0.3, 0.4) is 0 Å². The molecule has 2 N–H and O–H groups in total. The molecule has 1 fully saturated rings. The molecule has 0 unspecified atom stereocenters. The summed E-state index contributed by atoms with van der Waals surface area (Å²) in [5.41, 5.74) is 0. The Morgan fingerprint density at radius 1 is 1.64 bits per heavy atom. The molecular weight excluding hydrogens is 170 g/mol. The van der Waals surface area contributed by atoms with Crippen molar-refractivity contribution in [3.63, 3.8) is 0 Å². The molecule has 1 aliphatic heterocycles. The first-order valence-corrected chi connectivity index (χ1v) is 3.71. The van der Waals surface area contributed by atoms with Crippen LogP contribution in [0.5, 0.6) is 0 Å². The number of carboxylic acid groups (broad SMARTS) is 1. The number of hydrogen-bond acceptors (Lipinski definition) is 4. The number of carboxylic acids is 1. The lowest BCUT2D eigenvalue weighted by atomic mass is 10.3. The summed E-state index contributed by atoms with van der Waals surface area (Å²) in [6.07, 6.45) is -0.303. The second-order valence-electron chi connectivity index (χ2n) is 1.98. The minimum Gasteiger partial charge on any atom is -0.481 e. The van der Waals surface area contributed by atoms with Gasteiger partial charge in [0.25, 0.3) is 5.24 Å². The van der Waals surface area contributed by atoms with Crippen LogP contribution < -0.4 is 5.32 Å². The maximum atomic E-state index is 10.7. The van der Waals surface area contributed by atoms with Crippen molar-refractivity contribution in [2.24, 2.45) is 0 Å². The fourth-order valence-corrected chi connectivity index (χ4v) is 1.50. The Hall–Kier alpha value is -1.04. The summed E-state index contributed by atoms with van der Waals surface area (Å²) in [5, 5.41) is 9.05. The third-order valence-corrected chi connectivity index (χ3v) is 2.11. The first kappa shape index (κ1) is 8.06. The van der Waals surface area contributed by atoms with Crippen molar-refractivity contribution < 1.29 is 19.5 Å². The SMILES string of the molecule is O=C(O)C[C@@H]1SC(=O)NC1=O. The van der Waals surface area contributed by atoms with E-state index in [2.05, 4.69) is 0 Å². The normalized spacial score (nSPS) is 23.5. The van der Waals surface area contributed by atoms with E-state index < -0.39 is 22.4 Å². The highest BCUT2D eigenvalue weighted by molar-refractivity contribution is 8.15. The third kappa shape index (κ3) is 1.94. The fraction of sp³-hybridized carbons (Fsp3) is 0.400. The van der Waals surface area contributed by atoms with Crippen LogP contribution in [0.15, 0.2) is 0 Å². The number of imide groups is 1. The van der Waals surface area contributed by atoms with Crippen LogP contribution in [0.2, 0.25) is 0 Å². The zero-order valence-corrected chi connectivity index (χ0v) is 6.18. The van der Waals surface area contributed by atoms with Gasteiger partial charge in [-0.05, 0) is 0 Å². The topological polar surface area (TPSA) is 83.5 Å². The van der Waals surface area contributed by atoms with Gasteiger partial charge in [-0.2, -0.15) is 0 Å². The van der Waals surface area contributed by atoms with Gasteiger partial charge in [0, 0.05) is 0 Å². The van der Waals surface area contributed by atoms with Gasteiger partial charge in [0.15, 0.2) is 0 Å². The maximum Gasteiger partial charge on any atom is 0.305 e. The largest absolute Gasteiger partial charge is 0.481 e. The highest BCUT2D eigenvalue weighted by atomic mass is 32.2. The Morgan fingerprint density at radius 3 is 2.64 bits per heavy atom. The molecule has 0 aromatic carbocycles. The number of rotatable bonds is 2. The van der Waals surface area contributed by atoms with Crippen molar-refractivity contribution >= 4 is 28.9 Å². The predicted molar refractivity (Wildman–Crippen MR) is 37.2 cm³/mol. The highest BCUT2D eigenvalue weighted by Gasteiger charge is 2.32. The number of thioether (sulfide) groups is 1. The van der Waals surface area contributed by atoms with E-state index in [1.165, 1.54) is 0 Å². The summed E-state index contributed by atoms with van der Waals surface area (Å²) in [6, 6.07) is 0. The number of amides is 2. The van der Waals surface area contributed by atoms with Crippen LogP contribution in [-0.4, -0.2) is 27.5 Å². The van der Waals surface area contributed by atoms with Crippen molar-refractivity contribution in [1.82, 2.24) is 5.32 Å². The molecule has 1 rings (SSSR count). The van der Waals surface area contributed by atoms with Crippen LogP contribution in [0.25, 0.3) is 0 Å². The monoisotopic (exact) mass is 175 g/mol.